The minimum Gasteiger partial charge on any atom is -0.351 e. The van der Waals surface area contributed by atoms with Gasteiger partial charge in [0.15, 0.2) is 0 Å². The van der Waals surface area contributed by atoms with Gasteiger partial charge in [-0.05, 0) is 37.4 Å². The molecule has 0 aliphatic carbocycles. The highest BCUT2D eigenvalue weighted by Gasteiger charge is 2.25. The van der Waals surface area contributed by atoms with Crippen LogP contribution in [-0.2, 0) is 4.79 Å². The summed E-state index contributed by atoms with van der Waals surface area (Å²) in [5.41, 5.74) is 0.665. The Morgan fingerprint density at radius 2 is 2.29 bits per heavy atom. The van der Waals surface area contributed by atoms with Crippen molar-refractivity contribution in [2.75, 3.05) is 33.2 Å². The van der Waals surface area contributed by atoms with Crippen molar-refractivity contribution in [2.24, 2.45) is 5.92 Å². The van der Waals surface area contributed by atoms with E-state index >= 15 is 0 Å². The van der Waals surface area contributed by atoms with E-state index in [1.54, 1.807) is 11.4 Å². The number of amides is 2. The lowest BCUT2D eigenvalue weighted by Gasteiger charge is -2.16. The van der Waals surface area contributed by atoms with Crippen LogP contribution >= 0.6 is 23.7 Å². The Morgan fingerprint density at radius 3 is 2.95 bits per heavy atom. The van der Waals surface area contributed by atoms with Gasteiger partial charge in [0.25, 0.3) is 5.91 Å². The van der Waals surface area contributed by atoms with Crippen LogP contribution in [0.3, 0.4) is 0 Å². The number of carbonyl (C=O) groups excluding carboxylic acids is 2. The lowest BCUT2D eigenvalue weighted by atomic mass is 10.1. The molecule has 21 heavy (non-hydrogen) atoms. The molecule has 1 unspecified atom stereocenters. The lowest BCUT2D eigenvalue weighted by molar-refractivity contribution is -0.130. The van der Waals surface area contributed by atoms with Crippen molar-refractivity contribution in [3.8, 4) is 0 Å². The van der Waals surface area contributed by atoms with Crippen molar-refractivity contribution in [3.63, 3.8) is 0 Å². The summed E-state index contributed by atoms with van der Waals surface area (Å²) in [5.74, 6) is 0.590. The van der Waals surface area contributed by atoms with Crippen LogP contribution in [0.4, 0.5) is 0 Å². The third-order valence-corrected chi connectivity index (χ3v) is 4.22. The van der Waals surface area contributed by atoms with Crippen molar-refractivity contribution in [1.82, 2.24) is 15.5 Å². The Labute approximate surface area is 135 Å². The van der Waals surface area contributed by atoms with E-state index in [1.165, 1.54) is 11.3 Å². The third-order valence-electron chi connectivity index (χ3n) is 3.54. The van der Waals surface area contributed by atoms with Crippen LogP contribution in [0.15, 0.2) is 16.8 Å². The van der Waals surface area contributed by atoms with E-state index in [9.17, 15) is 9.59 Å². The average molecular weight is 332 g/mol. The quantitative estimate of drug-likeness (QED) is 0.827. The molecule has 0 radical (unpaired) electrons. The van der Waals surface area contributed by atoms with Crippen LogP contribution in [0.5, 0.6) is 0 Å². The van der Waals surface area contributed by atoms with Gasteiger partial charge in [0.05, 0.1) is 0 Å². The summed E-state index contributed by atoms with van der Waals surface area (Å²) in [7, 11) is 1.93. The van der Waals surface area contributed by atoms with E-state index in [4.69, 9.17) is 0 Å². The van der Waals surface area contributed by atoms with Crippen LogP contribution in [0.1, 0.15) is 23.2 Å². The van der Waals surface area contributed by atoms with Crippen molar-refractivity contribution < 1.29 is 9.59 Å². The fourth-order valence-corrected chi connectivity index (χ4v) is 3.09. The minimum atomic E-state index is -0.103. The van der Waals surface area contributed by atoms with Gasteiger partial charge in [0.1, 0.15) is 0 Å². The van der Waals surface area contributed by atoms with Gasteiger partial charge in [-0.3, -0.25) is 9.59 Å². The largest absolute Gasteiger partial charge is 0.351 e. The van der Waals surface area contributed by atoms with Gasteiger partial charge in [-0.15, -0.1) is 12.4 Å². The van der Waals surface area contributed by atoms with Gasteiger partial charge in [-0.25, -0.2) is 0 Å². The summed E-state index contributed by atoms with van der Waals surface area (Å²) in [6.45, 7) is 3.03. The Kier molecular flexibility index (Phi) is 7.71. The summed E-state index contributed by atoms with van der Waals surface area (Å²) >= 11 is 1.49. The number of nitrogens with zero attached hydrogens (tertiary/aromatic N) is 1. The monoisotopic (exact) mass is 331 g/mol. The Morgan fingerprint density at radius 1 is 1.48 bits per heavy atom. The number of thiophene rings is 1. The molecule has 0 spiro atoms. The molecule has 1 aliphatic rings. The fraction of sp³-hybridized carbons (Fsp3) is 0.571. The SMILES string of the molecule is CNCC1CCN(C(=O)CCNC(=O)c2ccsc2)C1.Cl. The molecule has 1 fully saturated rings. The second-order valence-electron chi connectivity index (χ2n) is 5.07. The van der Waals surface area contributed by atoms with Crippen LogP contribution in [0.2, 0.25) is 0 Å². The molecule has 1 aliphatic heterocycles. The first-order valence-electron chi connectivity index (χ1n) is 6.93. The summed E-state index contributed by atoms with van der Waals surface area (Å²) in [6.07, 6.45) is 1.44. The van der Waals surface area contributed by atoms with Gasteiger partial charge >= 0.3 is 0 Å². The first-order valence-corrected chi connectivity index (χ1v) is 7.87. The van der Waals surface area contributed by atoms with Gasteiger partial charge in [-0.1, -0.05) is 0 Å². The van der Waals surface area contributed by atoms with Gasteiger partial charge in [0.2, 0.25) is 5.91 Å². The number of nitrogens with one attached hydrogen (secondary N) is 2. The topological polar surface area (TPSA) is 61.4 Å². The van der Waals surface area contributed by atoms with E-state index in [-0.39, 0.29) is 24.2 Å². The van der Waals surface area contributed by atoms with Crippen LogP contribution in [0.25, 0.3) is 0 Å². The molecule has 2 amide bonds. The molecule has 0 aromatic carbocycles. The molecule has 1 atom stereocenters. The molecule has 5 nitrogen and oxygen atoms in total. The number of hydrogen-bond acceptors (Lipinski definition) is 4. The molecular weight excluding hydrogens is 310 g/mol. The number of halogens is 1. The van der Waals surface area contributed by atoms with E-state index < -0.39 is 0 Å². The average Bonchev–Trinajstić information content (AvgIpc) is 3.10. The Balaban J connectivity index is 0.00000220. The predicted molar refractivity (Wildman–Crippen MR) is 87.1 cm³/mol. The summed E-state index contributed by atoms with van der Waals surface area (Å²) in [6, 6.07) is 1.78. The van der Waals surface area contributed by atoms with Gasteiger partial charge < -0.3 is 15.5 Å². The Hall–Kier alpha value is -1.11. The highest BCUT2D eigenvalue weighted by atomic mass is 35.5. The van der Waals surface area contributed by atoms with E-state index in [0.717, 1.165) is 26.1 Å². The molecule has 0 saturated carbocycles. The molecular formula is C14H22ClN3O2S. The number of hydrogen-bond donors (Lipinski definition) is 2. The van der Waals surface area contributed by atoms with E-state index in [1.807, 2.05) is 17.3 Å². The van der Waals surface area contributed by atoms with E-state index in [2.05, 4.69) is 10.6 Å². The second-order valence-corrected chi connectivity index (χ2v) is 5.85. The van der Waals surface area contributed by atoms with Crippen molar-refractivity contribution in [3.05, 3.63) is 22.4 Å². The zero-order chi connectivity index (χ0) is 14.4. The van der Waals surface area contributed by atoms with E-state index in [0.29, 0.717) is 24.4 Å². The van der Waals surface area contributed by atoms with Crippen molar-refractivity contribution in [1.29, 1.82) is 0 Å². The second kappa shape index (κ2) is 9.02. The number of rotatable bonds is 6. The van der Waals surface area contributed by atoms with Gasteiger partial charge in [-0.2, -0.15) is 11.3 Å². The maximum Gasteiger partial charge on any atom is 0.252 e. The molecule has 2 rings (SSSR count). The molecule has 118 valence electrons. The van der Waals surface area contributed by atoms with Crippen molar-refractivity contribution in [2.45, 2.75) is 12.8 Å². The minimum absolute atomic E-state index is 0. The van der Waals surface area contributed by atoms with Crippen LogP contribution in [0, 0.1) is 5.92 Å². The van der Waals surface area contributed by atoms with Gasteiger partial charge in [0, 0.05) is 37.0 Å². The molecule has 1 aromatic heterocycles. The fourth-order valence-electron chi connectivity index (χ4n) is 2.45. The Bertz CT molecular complexity index is 453. The normalized spacial score (nSPS) is 17.4. The molecule has 0 bridgehead atoms. The first kappa shape index (κ1) is 17.9. The number of carbonyl (C=O) groups is 2. The summed E-state index contributed by atoms with van der Waals surface area (Å²) < 4.78 is 0. The highest BCUT2D eigenvalue weighted by Crippen LogP contribution is 2.16. The maximum atomic E-state index is 12.0. The summed E-state index contributed by atoms with van der Waals surface area (Å²) in [4.78, 5) is 25.6. The third kappa shape index (κ3) is 5.30. The molecule has 2 heterocycles. The highest BCUT2D eigenvalue weighted by molar-refractivity contribution is 7.08. The lowest BCUT2D eigenvalue weighted by Crippen LogP contribution is -2.33. The first-order chi connectivity index (χ1) is 9.70. The standard InChI is InChI=1S/C14H21N3O2S.ClH/c1-15-8-11-3-6-17(9-11)13(18)2-5-16-14(19)12-4-7-20-10-12;/h4,7,10-11,15H,2-3,5-6,8-9H2,1H3,(H,16,19);1H. The number of likely N-dealkylation sites (tertiary alicyclic amines) is 1. The maximum absolute atomic E-state index is 12.0. The smallest absolute Gasteiger partial charge is 0.252 e. The van der Waals surface area contributed by atoms with Crippen molar-refractivity contribution >= 4 is 35.6 Å². The van der Waals surface area contributed by atoms with Crippen LogP contribution in [-0.4, -0.2) is 49.9 Å². The zero-order valence-electron chi connectivity index (χ0n) is 12.1. The molecule has 1 aromatic rings. The molecule has 2 N–H and O–H groups in total. The zero-order valence-corrected chi connectivity index (χ0v) is 13.8. The molecule has 1 saturated heterocycles. The summed E-state index contributed by atoms with van der Waals surface area (Å²) in [5, 5.41) is 9.61. The van der Waals surface area contributed by atoms with Crippen LogP contribution < -0.4 is 10.6 Å². The predicted octanol–water partition coefficient (Wildman–Crippen LogP) is 1.36. The molecule has 7 heteroatoms.